The van der Waals surface area contributed by atoms with Crippen LogP contribution in [0.25, 0.3) is 0 Å². The van der Waals surface area contributed by atoms with Crippen molar-refractivity contribution in [2.75, 3.05) is 19.6 Å². The van der Waals surface area contributed by atoms with Crippen molar-refractivity contribution in [3.05, 3.63) is 20.8 Å². The predicted molar refractivity (Wildman–Crippen MR) is 71.4 cm³/mol. The van der Waals surface area contributed by atoms with Crippen molar-refractivity contribution in [2.45, 2.75) is 26.3 Å². The minimum atomic E-state index is 0.381. The minimum Gasteiger partial charge on any atom is -0.329 e. The Kier molecular flexibility index (Phi) is 5.82. The molecule has 1 unspecified atom stereocenters. The topological polar surface area (TPSA) is 29.3 Å². The van der Waals surface area contributed by atoms with E-state index in [9.17, 15) is 0 Å². The molecule has 0 aliphatic heterocycles. The number of nitrogens with zero attached hydrogens (tertiary/aromatic N) is 1. The molecule has 0 aromatic carbocycles. The number of hydrogen-bond acceptors (Lipinski definition) is 3. The first-order chi connectivity index (χ1) is 7.22. The summed E-state index contributed by atoms with van der Waals surface area (Å²) in [6.45, 7) is 7.28. The zero-order chi connectivity index (χ0) is 11.3. The first-order valence-electron chi connectivity index (χ1n) is 5.42. The smallest absolute Gasteiger partial charge is 0.0702 e. The van der Waals surface area contributed by atoms with Gasteiger partial charge in [0.25, 0.3) is 0 Å². The summed E-state index contributed by atoms with van der Waals surface area (Å²) in [6.07, 6.45) is 1.18. The second-order valence-electron chi connectivity index (χ2n) is 3.52. The van der Waals surface area contributed by atoms with Crippen molar-refractivity contribution < 1.29 is 0 Å². The highest BCUT2D eigenvalue weighted by Gasteiger charge is 2.18. The maximum atomic E-state index is 5.87. The number of nitrogens with two attached hydrogens (primary N) is 1. The van der Waals surface area contributed by atoms with Gasteiger partial charge >= 0.3 is 0 Å². The van der Waals surface area contributed by atoms with Crippen LogP contribution in [0.3, 0.4) is 0 Å². The molecule has 0 bridgehead atoms. The van der Waals surface area contributed by atoms with Crippen LogP contribution >= 0.6 is 27.3 Å². The lowest BCUT2D eigenvalue weighted by Crippen LogP contribution is -2.33. The molecule has 1 heterocycles. The largest absolute Gasteiger partial charge is 0.329 e. The average molecular weight is 291 g/mol. The highest BCUT2D eigenvalue weighted by Crippen LogP contribution is 2.30. The molecule has 0 radical (unpaired) electrons. The minimum absolute atomic E-state index is 0.381. The van der Waals surface area contributed by atoms with Crippen LogP contribution in [0.4, 0.5) is 0 Å². The summed E-state index contributed by atoms with van der Waals surface area (Å²) < 4.78 is 1.18. The predicted octanol–water partition coefficient (Wildman–Crippen LogP) is 3.24. The molecule has 0 aliphatic carbocycles. The summed E-state index contributed by atoms with van der Waals surface area (Å²) in [5.74, 6) is 0. The van der Waals surface area contributed by atoms with Crippen molar-refractivity contribution in [2.24, 2.45) is 5.73 Å². The van der Waals surface area contributed by atoms with Crippen LogP contribution in [-0.4, -0.2) is 24.5 Å². The van der Waals surface area contributed by atoms with E-state index in [-0.39, 0.29) is 0 Å². The van der Waals surface area contributed by atoms with Crippen LogP contribution in [0.1, 0.15) is 31.2 Å². The van der Waals surface area contributed by atoms with E-state index in [1.54, 1.807) is 11.3 Å². The third kappa shape index (κ3) is 3.55. The summed E-state index contributed by atoms with van der Waals surface area (Å²) in [4.78, 5) is 3.80. The Bertz CT molecular complexity index is 288. The molecule has 0 spiro atoms. The normalized spacial score (nSPS) is 13.4. The van der Waals surface area contributed by atoms with Crippen LogP contribution in [0, 0.1) is 0 Å². The van der Waals surface area contributed by atoms with E-state index in [4.69, 9.17) is 5.73 Å². The average Bonchev–Trinajstić information content (AvgIpc) is 2.64. The maximum Gasteiger partial charge on any atom is 0.0702 e. The fraction of sp³-hybridized carbons (Fsp3) is 0.636. The molecular formula is C11H19BrN2S. The molecule has 1 aromatic heterocycles. The number of rotatable bonds is 6. The lowest BCUT2D eigenvalue weighted by atomic mass is 10.2. The molecule has 15 heavy (non-hydrogen) atoms. The highest BCUT2D eigenvalue weighted by molar-refractivity contribution is 9.11. The Hall–Kier alpha value is 0.1000. The third-order valence-electron chi connectivity index (χ3n) is 2.50. The molecule has 4 heteroatoms. The molecule has 0 amide bonds. The van der Waals surface area contributed by atoms with E-state index < -0.39 is 0 Å². The van der Waals surface area contributed by atoms with Gasteiger partial charge in [0.2, 0.25) is 0 Å². The lowest BCUT2D eigenvalue weighted by molar-refractivity contribution is 0.216. The Morgan fingerprint density at radius 2 is 2.20 bits per heavy atom. The van der Waals surface area contributed by atoms with Crippen molar-refractivity contribution >= 4 is 27.3 Å². The van der Waals surface area contributed by atoms with Crippen LogP contribution in [0.15, 0.2) is 15.9 Å². The van der Waals surface area contributed by atoms with E-state index in [2.05, 4.69) is 46.8 Å². The number of halogens is 1. The van der Waals surface area contributed by atoms with Gasteiger partial charge in [0.1, 0.15) is 0 Å². The van der Waals surface area contributed by atoms with Gasteiger partial charge in [-0.05, 0) is 47.6 Å². The SMILES string of the molecule is CCCN(CC)C(CN)c1ccc(Br)s1. The van der Waals surface area contributed by atoms with E-state index in [0.717, 1.165) is 13.1 Å². The standard InChI is InChI=1S/C11H19BrN2S/c1-3-7-14(4-2)9(8-13)10-5-6-11(12)15-10/h5-6,9H,3-4,7-8,13H2,1-2H3. The molecule has 0 saturated heterocycles. The summed E-state index contributed by atoms with van der Waals surface area (Å²) in [6, 6.07) is 4.65. The van der Waals surface area contributed by atoms with Crippen molar-refractivity contribution in [1.29, 1.82) is 0 Å². The Morgan fingerprint density at radius 1 is 1.47 bits per heavy atom. The Balaban J connectivity index is 2.76. The van der Waals surface area contributed by atoms with Gasteiger partial charge in [-0.15, -0.1) is 11.3 Å². The molecule has 86 valence electrons. The van der Waals surface area contributed by atoms with E-state index >= 15 is 0 Å². The quantitative estimate of drug-likeness (QED) is 0.872. The van der Waals surface area contributed by atoms with E-state index in [0.29, 0.717) is 12.6 Å². The summed E-state index contributed by atoms with van der Waals surface area (Å²) in [5, 5.41) is 0. The second kappa shape index (κ2) is 6.63. The van der Waals surface area contributed by atoms with E-state index in [1.165, 1.54) is 15.1 Å². The number of thiophene rings is 1. The molecule has 0 saturated carbocycles. The van der Waals surface area contributed by atoms with Gasteiger partial charge in [-0.3, -0.25) is 4.90 Å². The molecular weight excluding hydrogens is 272 g/mol. The van der Waals surface area contributed by atoms with E-state index in [1.807, 2.05) is 0 Å². The van der Waals surface area contributed by atoms with Crippen LogP contribution in [0.2, 0.25) is 0 Å². The Morgan fingerprint density at radius 3 is 2.60 bits per heavy atom. The van der Waals surface area contributed by atoms with Crippen molar-refractivity contribution in [1.82, 2.24) is 4.90 Å². The van der Waals surface area contributed by atoms with Crippen molar-refractivity contribution in [3.8, 4) is 0 Å². The molecule has 1 atom stereocenters. The zero-order valence-corrected chi connectivity index (χ0v) is 11.8. The van der Waals surface area contributed by atoms with Crippen molar-refractivity contribution in [3.63, 3.8) is 0 Å². The summed E-state index contributed by atoms with van der Waals surface area (Å²) in [7, 11) is 0. The third-order valence-corrected chi connectivity index (χ3v) is 4.23. The van der Waals surface area contributed by atoms with Crippen LogP contribution in [0.5, 0.6) is 0 Å². The first-order valence-corrected chi connectivity index (χ1v) is 7.03. The van der Waals surface area contributed by atoms with Gasteiger partial charge in [-0.2, -0.15) is 0 Å². The second-order valence-corrected chi connectivity index (χ2v) is 6.02. The summed E-state index contributed by atoms with van der Waals surface area (Å²) >= 11 is 5.28. The molecule has 0 aliphatic rings. The highest BCUT2D eigenvalue weighted by atomic mass is 79.9. The van der Waals surface area contributed by atoms with Gasteiger partial charge in [0, 0.05) is 11.4 Å². The maximum absolute atomic E-state index is 5.87. The molecule has 2 N–H and O–H groups in total. The van der Waals surface area contributed by atoms with Gasteiger partial charge in [0.05, 0.1) is 9.83 Å². The first kappa shape index (κ1) is 13.2. The molecule has 0 fully saturated rings. The fourth-order valence-corrected chi connectivity index (χ4v) is 3.35. The molecule has 1 aromatic rings. The monoisotopic (exact) mass is 290 g/mol. The van der Waals surface area contributed by atoms with Gasteiger partial charge in [-0.25, -0.2) is 0 Å². The lowest BCUT2D eigenvalue weighted by Gasteiger charge is -2.28. The van der Waals surface area contributed by atoms with Gasteiger partial charge < -0.3 is 5.73 Å². The van der Waals surface area contributed by atoms with Gasteiger partial charge in [0.15, 0.2) is 0 Å². The number of hydrogen-bond donors (Lipinski definition) is 1. The Labute approximate surface area is 105 Å². The number of likely N-dealkylation sites (N-methyl/N-ethyl adjacent to an activating group) is 1. The summed E-state index contributed by atoms with van der Waals surface area (Å²) in [5.41, 5.74) is 5.87. The van der Waals surface area contributed by atoms with Gasteiger partial charge in [-0.1, -0.05) is 13.8 Å². The molecule has 2 nitrogen and oxygen atoms in total. The fourth-order valence-electron chi connectivity index (χ4n) is 1.77. The van der Waals surface area contributed by atoms with Crippen LogP contribution in [-0.2, 0) is 0 Å². The zero-order valence-electron chi connectivity index (χ0n) is 9.37. The molecule has 1 rings (SSSR count). The van der Waals surface area contributed by atoms with Crippen LogP contribution < -0.4 is 5.73 Å².